The standard InChI is InChI=1S/C22H32N2O4S.C21H28N2O5S.C18H24N2O2S.C17H20N2O3S/c1-22(2,25)17-13-15(24(3)4)9-10-16(17)21-23-18-7-6-8-19(20(18)29-21)28-14-27-12-11-26-5;1-23(2)14-8-9-15(16(12-14)21(24)26-4)20-22-17-6-5-7-18(19(17)29-20)28-13-27-11-10-25-3;1-18(2,22)13-10-11(20(3)4)8-9-12(13)17-19-14-6-5-7-15(21)16(14)23-17;1-19(2)10-7-8-11(12(9-10)17(21)22-3)16-18-13-5-4-6-14(20)15(13)23-16/h9-10,13,19,25H,6-8,11-12,14H2,1-5H3;8-9,12,18H,5-7,10-11,13H2,1-4H3;8-10,15,21-22H,5-7H2,1-4H3;7-9,14,20H,4-6H2,1-3H3. The number of thiazole rings is 4. The molecule has 12 rings (SSSR count). The van der Waals surface area contributed by atoms with Crippen LogP contribution in [-0.2, 0) is 74.8 Å². The van der Waals surface area contributed by atoms with E-state index in [1.165, 1.54) is 30.4 Å². The number of aliphatic hydroxyl groups is 4. The number of carbonyl (C=O) groups excluding carboxylic acids is 2. The van der Waals surface area contributed by atoms with Gasteiger partial charge in [0, 0.05) is 116 Å². The van der Waals surface area contributed by atoms with E-state index in [0.29, 0.717) is 37.6 Å². The number of ether oxygens (including phenoxy) is 8. The van der Waals surface area contributed by atoms with Gasteiger partial charge in [0.05, 0.1) is 130 Å². The summed E-state index contributed by atoms with van der Waals surface area (Å²) < 4.78 is 42.8. The van der Waals surface area contributed by atoms with E-state index in [9.17, 15) is 30.0 Å². The fraction of sp³-hybridized carbons (Fsp3) is 0.513. The molecule has 0 saturated carbocycles. The van der Waals surface area contributed by atoms with Gasteiger partial charge in [-0.25, -0.2) is 29.5 Å². The summed E-state index contributed by atoms with van der Waals surface area (Å²) in [5, 5.41) is 45.1. The van der Waals surface area contributed by atoms with E-state index in [4.69, 9.17) is 52.8 Å². The highest BCUT2D eigenvalue weighted by Crippen LogP contribution is 2.46. The van der Waals surface area contributed by atoms with Gasteiger partial charge in [0.1, 0.15) is 33.6 Å². The highest BCUT2D eigenvalue weighted by Gasteiger charge is 2.33. The predicted octanol–water partition coefficient (Wildman–Crippen LogP) is 14.3. The second-order valence-electron chi connectivity index (χ2n) is 27.9. The van der Waals surface area contributed by atoms with Crippen molar-refractivity contribution in [1.29, 1.82) is 0 Å². The molecule has 4 aromatic carbocycles. The van der Waals surface area contributed by atoms with Crippen LogP contribution in [0.15, 0.2) is 72.8 Å². The van der Waals surface area contributed by atoms with Crippen molar-refractivity contribution in [3.8, 4) is 42.3 Å². The predicted molar refractivity (Wildman–Crippen MR) is 415 cm³/mol. The molecular formula is C78H104N8O14S4. The smallest absolute Gasteiger partial charge is 0.338 e. The molecule has 4 aliphatic rings. The molecule has 0 bridgehead atoms. The molecule has 22 nitrogen and oxygen atoms in total. The van der Waals surface area contributed by atoms with Crippen molar-refractivity contribution in [1.82, 2.24) is 19.9 Å². The molecule has 4 atom stereocenters. The van der Waals surface area contributed by atoms with Gasteiger partial charge >= 0.3 is 11.9 Å². The molecule has 0 saturated heterocycles. The minimum atomic E-state index is -0.960. The van der Waals surface area contributed by atoms with Crippen molar-refractivity contribution < 1.29 is 67.9 Å². The number of benzene rings is 4. The van der Waals surface area contributed by atoms with E-state index >= 15 is 0 Å². The van der Waals surface area contributed by atoms with Crippen LogP contribution in [0.4, 0.5) is 22.7 Å². The molecule has 0 aliphatic heterocycles. The number of aromatic nitrogens is 4. The highest BCUT2D eigenvalue weighted by atomic mass is 32.1. The van der Waals surface area contributed by atoms with Gasteiger partial charge in [-0.15, -0.1) is 45.3 Å². The lowest BCUT2D eigenvalue weighted by atomic mass is 9.92. The van der Waals surface area contributed by atoms with Crippen LogP contribution in [0.3, 0.4) is 0 Å². The highest BCUT2D eigenvalue weighted by molar-refractivity contribution is 7.16. The Morgan fingerprint density at radius 2 is 0.731 bits per heavy atom. The molecule has 8 aromatic rings. The summed E-state index contributed by atoms with van der Waals surface area (Å²) in [6.07, 6.45) is 10.3. The summed E-state index contributed by atoms with van der Waals surface area (Å²) in [7, 11) is 21.8. The fourth-order valence-electron chi connectivity index (χ4n) is 12.6. The largest absolute Gasteiger partial charge is 0.465 e. The number of rotatable bonds is 24. The molecule has 4 aromatic heterocycles. The Hall–Kier alpha value is -6.86. The van der Waals surface area contributed by atoms with Crippen LogP contribution in [0.2, 0.25) is 0 Å². The van der Waals surface area contributed by atoms with Gasteiger partial charge in [0.2, 0.25) is 0 Å². The van der Waals surface area contributed by atoms with Crippen molar-refractivity contribution in [3.63, 3.8) is 0 Å². The minimum absolute atomic E-state index is 0.0131. The topological polar surface area (TPSA) is 253 Å². The van der Waals surface area contributed by atoms with Gasteiger partial charge in [-0.3, -0.25) is 0 Å². The van der Waals surface area contributed by atoms with Gasteiger partial charge in [-0.1, -0.05) is 0 Å². The van der Waals surface area contributed by atoms with Crippen molar-refractivity contribution in [2.75, 3.05) is 144 Å². The van der Waals surface area contributed by atoms with Crippen LogP contribution >= 0.6 is 45.3 Å². The number of aliphatic hydroxyl groups excluding tert-OH is 2. The lowest BCUT2D eigenvalue weighted by Crippen LogP contribution is -2.18. The maximum absolute atomic E-state index is 12.4. The lowest BCUT2D eigenvalue weighted by molar-refractivity contribution is -0.102. The number of carbonyl (C=O) groups is 2. The van der Waals surface area contributed by atoms with Gasteiger partial charge in [-0.05, 0) is 189 Å². The number of methoxy groups -OCH3 is 4. The Labute approximate surface area is 628 Å². The monoisotopic (exact) mass is 1500 g/mol. The van der Waals surface area contributed by atoms with Crippen LogP contribution < -0.4 is 19.6 Å². The first-order valence-corrected chi connectivity index (χ1v) is 38.5. The van der Waals surface area contributed by atoms with Gasteiger partial charge < -0.3 is 77.9 Å². The molecule has 0 fully saturated rings. The molecule has 564 valence electrons. The van der Waals surface area contributed by atoms with Crippen molar-refractivity contribution >= 4 is 80.0 Å². The zero-order valence-electron chi connectivity index (χ0n) is 63.0. The lowest BCUT2D eigenvalue weighted by Gasteiger charge is -2.23. The summed E-state index contributed by atoms with van der Waals surface area (Å²) in [5.41, 5.74) is 12.4. The third-order valence-corrected chi connectivity index (χ3v) is 23.3. The summed E-state index contributed by atoms with van der Waals surface area (Å²) in [6, 6.07) is 23.7. The van der Waals surface area contributed by atoms with Crippen molar-refractivity contribution in [2.24, 2.45) is 0 Å². The maximum Gasteiger partial charge on any atom is 0.338 e. The molecule has 0 spiro atoms. The van der Waals surface area contributed by atoms with E-state index < -0.39 is 23.4 Å². The fourth-order valence-corrected chi connectivity index (χ4v) is 17.4. The van der Waals surface area contributed by atoms with Gasteiger partial charge in [-0.2, -0.15) is 0 Å². The first kappa shape index (κ1) is 81.2. The molecule has 0 amide bonds. The van der Waals surface area contributed by atoms with E-state index in [0.717, 1.165) is 191 Å². The average molecular weight is 1510 g/mol. The molecular weight excluding hydrogens is 1400 g/mol. The Bertz CT molecular complexity index is 4150. The minimum Gasteiger partial charge on any atom is -0.465 e. The molecule has 26 heteroatoms. The summed E-state index contributed by atoms with van der Waals surface area (Å²) >= 11 is 6.28. The average Bonchev–Trinajstić information content (AvgIpc) is 1.63. The van der Waals surface area contributed by atoms with Crippen molar-refractivity contribution in [3.05, 3.63) is 137 Å². The third-order valence-electron chi connectivity index (χ3n) is 18.3. The van der Waals surface area contributed by atoms with Gasteiger partial charge in [0.25, 0.3) is 0 Å². The number of esters is 2. The first-order valence-electron chi connectivity index (χ1n) is 35.2. The summed E-state index contributed by atoms with van der Waals surface area (Å²) in [6.45, 7) is 9.86. The van der Waals surface area contributed by atoms with Crippen LogP contribution in [0, 0.1) is 0 Å². The van der Waals surface area contributed by atoms with Crippen LogP contribution in [0.25, 0.3) is 42.3 Å². The van der Waals surface area contributed by atoms with Crippen LogP contribution in [0.5, 0.6) is 0 Å². The van der Waals surface area contributed by atoms with E-state index in [1.54, 1.807) is 62.1 Å². The molecule has 4 unspecified atom stereocenters. The molecule has 104 heavy (non-hydrogen) atoms. The van der Waals surface area contributed by atoms with Crippen molar-refractivity contribution in [2.45, 2.75) is 140 Å². The van der Waals surface area contributed by atoms with E-state index in [1.807, 2.05) is 150 Å². The molecule has 4 aliphatic carbocycles. The number of hydrogen-bond acceptors (Lipinski definition) is 26. The quantitative estimate of drug-likeness (QED) is 0.0249. The Morgan fingerprint density at radius 3 is 1.04 bits per heavy atom. The third kappa shape index (κ3) is 20.4. The zero-order valence-corrected chi connectivity index (χ0v) is 66.3. The van der Waals surface area contributed by atoms with E-state index in [-0.39, 0.29) is 37.7 Å². The van der Waals surface area contributed by atoms with Gasteiger partial charge in [0.15, 0.2) is 0 Å². The summed E-state index contributed by atoms with van der Waals surface area (Å²) in [4.78, 5) is 55.9. The van der Waals surface area contributed by atoms with E-state index in [2.05, 4.69) is 17.1 Å². The second-order valence-corrected chi connectivity index (χ2v) is 32.0. The number of nitrogens with zero attached hydrogens (tertiary/aromatic N) is 8. The summed E-state index contributed by atoms with van der Waals surface area (Å²) in [5.74, 6) is -0.742. The SMILES string of the molecule is CN(C)c1ccc(-c2nc3c(s2)C(O)CCC3)c(C(C)(C)O)c1.COC(=O)c1cc(N(C)C)ccc1-c1nc2c(s1)C(O)CCC2.COCCOCOC1CCCc2nc(-c3ccc(N(C)C)cc3C(=O)OC)sc21.COCCOCOC1CCCc2nc(-c3ccc(N(C)C)cc3C(C)(C)O)sc21. The molecule has 0 radical (unpaired) electrons. The number of fused-ring (bicyclic) bond motifs is 4. The Balaban J connectivity index is 0.000000162. The molecule has 4 heterocycles. The number of aryl methyl sites for hydroxylation is 4. The Morgan fingerprint density at radius 1 is 0.433 bits per heavy atom. The zero-order chi connectivity index (χ0) is 75.2. The number of hydrogen-bond donors (Lipinski definition) is 4. The maximum atomic E-state index is 12.4. The second kappa shape index (κ2) is 37.1. The first-order chi connectivity index (χ1) is 49.6. The van der Waals surface area contributed by atoms with Crippen LogP contribution in [-0.4, -0.2) is 177 Å². The normalized spacial score (nSPS) is 16.7. The Kier molecular flexibility index (Phi) is 29.0. The molecule has 4 N–H and O–H groups in total. The number of anilines is 4. The van der Waals surface area contributed by atoms with Crippen LogP contribution in [0.1, 0.15) is 178 Å².